The third-order valence-electron chi connectivity index (χ3n) is 4.28. The molecule has 4 nitrogen and oxygen atoms in total. The van der Waals surface area contributed by atoms with E-state index in [0.717, 1.165) is 41.1 Å². The summed E-state index contributed by atoms with van der Waals surface area (Å²) in [7, 11) is 2.03. The second kappa shape index (κ2) is 6.71. The number of pyridine rings is 2. The van der Waals surface area contributed by atoms with Crippen LogP contribution in [0.15, 0.2) is 29.0 Å². The highest BCUT2D eigenvalue weighted by molar-refractivity contribution is 9.10. The Morgan fingerprint density at radius 3 is 2.90 bits per heavy atom. The summed E-state index contributed by atoms with van der Waals surface area (Å²) in [5.41, 5.74) is 3.19. The molecule has 0 spiro atoms. The fraction of sp³-hybridized carbons (Fsp3) is 0.500. The summed E-state index contributed by atoms with van der Waals surface area (Å²) < 4.78 is 0.977. The number of rotatable bonds is 4. The molecule has 21 heavy (non-hydrogen) atoms. The molecule has 0 amide bonds. The number of fused-ring (bicyclic) bond motifs is 1. The second-order valence-corrected chi connectivity index (χ2v) is 6.59. The Morgan fingerprint density at radius 2 is 2.14 bits per heavy atom. The van der Waals surface area contributed by atoms with E-state index in [2.05, 4.69) is 42.2 Å². The van der Waals surface area contributed by atoms with Gasteiger partial charge in [0.2, 0.25) is 0 Å². The third-order valence-corrected chi connectivity index (χ3v) is 4.71. The normalized spacial score (nSPS) is 16.6. The van der Waals surface area contributed by atoms with Crippen molar-refractivity contribution in [2.75, 3.05) is 31.6 Å². The summed E-state index contributed by atoms with van der Waals surface area (Å²) in [5.74, 6) is 0.851. The number of aromatic nitrogens is 2. The van der Waals surface area contributed by atoms with Gasteiger partial charge in [0.1, 0.15) is 5.52 Å². The zero-order valence-electron chi connectivity index (χ0n) is 12.3. The summed E-state index contributed by atoms with van der Waals surface area (Å²) in [5, 5.41) is 3.25. The average molecular weight is 349 g/mol. The SMILES string of the molecule is CNCCC1CCN(c2ccnc3cc(Br)cnc23)CC1. The van der Waals surface area contributed by atoms with E-state index in [4.69, 9.17) is 0 Å². The van der Waals surface area contributed by atoms with Crippen LogP contribution in [0.25, 0.3) is 11.0 Å². The van der Waals surface area contributed by atoms with Crippen LogP contribution in [0.3, 0.4) is 0 Å². The van der Waals surface area contributed by atoms with Gasteiger partial charge in [-0.25, -0.2) is 0 Å². The third kappa shape index (κ3) is 3.35. The van der Waals surface area contributed by atoms with Gasteiger partial charge >= 0.3 is 0 Å². The van der Waals surface area contributed by atoms with Gasteiger partial charge in [-0.3, -0.25) is 9.97 Å². The summed E-state index contributed by atoms with van der Waals surface area (Å²) in [6.07, 6.45) is 7.56. The number of nitrogens with zero attached hydrogens (tertiary/aromatic N) is 3. The molecule has 0 saturated carbocycles. The number of anilines is 1. The lowest BCUT2D eigenvalue weighted by Gasteiger charge is -2.34. The molecule has 2 aromatic rings. The number of nitrogens with one attached hydrogen (secondary N) is 1. The molecule has 0 atom stereocenters. The topological polar surface area (TPSA) is 41.0 Å². The van der Waals surface area contributed by atoms with Gasteiger partial charge in [-0.1, -0.05) is 0 Å². The lowest BCUT2D eigenvalue weighted by atomic mass is 9.93. The minimum atomic E-state index is 0.851. The van der Waals surface area contributed by atoms with Crippen molar-refractivity contribution in [1.82, 2.24) is 15.3 Å². The molecule has 1 N–H and O–H groups in total. The van der Waals surface area contributed by atoms with E-state index in [1.165, 1.54) is 24.9 Å². The highest BCUT2D eigenvalue weighted by Gasteiger charge is 2.20. The van der Waals surface area contributed by atoms with Gasteiger partial charge in [0.25, 0.3) is 0 Å². The molecule has 1 fully saturated rings. The highest BCUT2D eigenvalue weighted by atomic mass is 79.9. The van der Waals surface area contributed by atoms with Gasteiger partial charge in [-0.15, -0.1) is 0 Å². The summed E-state index contributed by atoms with van der Waals surface area (Å²) in [4.78, 5) is 11.4. The van der Waals surface area contributed by atoms with Gasteiger partial charge in [0, 0.05) is 30.0 Å². The van der Waals surface area contributed by atoms with Crippen molar-refractivity contribution >= 4 is 32.7 Å². The van der Waals surface area contributed by atoms with Gasteiger partial charge in [0.15, 0.2) is 0 Å². The molecule has 3 heterocycles. The van der Waals surface area contributed by atoms with E-state index >= 15 is 0 Å². The first kappa shape index (κ1) is 14.7. The van der Waals surface area contributed by atoms with E-state index < -0.39 is 0 Å². The molecular weight excluding hydrogens is 328 g/mol. The maximum atomic E-state index is 4.56. The van der Waals surface area contributed by atoms with Crippen LogP contribution in [0.1, 0.15) is 19.3 Å². The van der Waals surface area contributed by atoms with Crippen LogP contribution in [0.2, 0.25) is 0 Å². The van der Waals surface area contributed by atoms with Crippen LogP contribution in [-0.4, -0.2) is 36.6 Å². The van der Waals surface area contributed by atoms with Gasteiger partial charge in [-0.05, 0) is 66.8 Å². The van der Waals surface area contributed by atoms with E-state index in [9.17, 15) is 0 Å². The summed E-state index contributed by atoms with van der Waals surface area (Å²) >= 11 is 3.46. The Kier molecular flexibility index (Phi) is 4.70. The molecule has 0 aromatic carbocycles. The monoisotopic (exact) mass is 348 g/mol. The standard InChI is InChI=1S/C16H21BrN4/c1-18-6-2-12-4-8-21(9-5-12)15-3-7-19-14-10-13(17)11-20-16(14)15/h3,7,10-12,18H,2,4-6,8-9H2,1H3. The van der Waals surface area contributed by atoms with Crippen LogP contribution < -0.4 is 10.2 Å². The number of hydrogen-bond donors (Lipinski definition) is 1. The molecule has 0 aliphatic carbocycles. The molecule has 3 rings (SSSR count). The van der Waals surface area contributed by atoms with Crippen LogP contribution in [-0.2, 0) is 0 Å². The zero-order chi connectivity index (χ0) is 14.7. The fourth-order valence-electron chi connectivity index (χ4n) is 3.06. The zero-order valence-corrected chi connectivity index (χ0v) is 13.9. The fourth-order valence-corrected chi connectivity index (χ4v) is 3.38. The highest BCUT2D eigenvalue weighted by Crippen LogP contribution is 2.29. The quantitative estimate of drug-likeness (QED) is 0.920. The first-order valence-corrected chi connectivity index (χ1v) is 8.37. The van der Waals surface area contributed by atoms with Gasteiger partial charge in [-0.2, -0.15) is 0 Å². The summed E-state index contributed by atoms with van der Waals surface area (Å²) in [6.45, 7) is 3.36. The molecule has 5 heteroatoms. The van der Waals surface area contributed by atoms with Crippen LogP contribution >= 0.6 is 15.9 Å². The number of piperidine rings is 1. The van der Waals surface area contributed by atoms with E-state index in [-0.39, 0.29) is 0 Å². The van der Waals surface area contributed by atoms with Crippen molar-refractivity contribution in [2.24, 2.45) is 5.92 Å². The second-order valence-electron chi connectivity index (χ2n) is 5.67. The van der Waals surface area contributed by atoms with Gasteiger partial charge in [0.05, 0.1) is 11.2 Å². The molecule has 0 unspecified atom stereocenters. The van der Waals surface area contributed by atoms with E-state index in [1.807, 2.05) is 25.5 Å². The molecule has 2 aromatic heterocycles. The predicted octanol–water partition coefficient (Wildman–Crippen LogP) is 3.22. The molecule has 0 bridgehead atoms. The Hall–Kier alpha value is -1.20. The smallest absolute Gasteiger partial charge is 0.112 e. The molecule has 112 valence electrons. The molecule has 1 aliphatic heterocycles. The Labute approximate surface area is 134 Å². The minimum absolute atomic E-state index is 0.851. The first-order chi connectivity index (χ1) is 10.3. The van der Waals surface area contributed by atoms with E-state index in [1.54, 1.807) is 0 Å². The van der Waals surface area contributed by atoms with Crippen molar-refractivity contribution in [3.63, 3.8) is 0 Å². The maximum absolute atomic E-state index is 4.56. The first-order valence-electron chi connectivity index (χ1n) is 7.57. The Balaban J connectivity index is 1.76. The Bertz CT molecular complexity index is 608. The lowest BCUT2D eigenvalue weighted by Crippen LogP contribution is -2.34. The Morgan fingerprint density at radius 1 is 1.33 bits per heavy atom. The van der Waals surface area contributed by atoms with Crippen molar-refractivity contribution in [3.8, 4) is 0 Å². The molecule has 1 saturated heterocycles. The summed E-state index contributed by atoms with van der Waals surface area (Å²) in [6, 6.07) is 4.13. The lowest BCUT2D eigenvalue weighted by molar-refractivity contribution is 0.378. The predicted molar refractivity (Wildman–Crippen MR) is 90.7 cm³/mol. The molecule has 0 radical (unpaired) electrons. The number of halogens is 1. The van der Waals surface area contributed by atoms with E-state index in [0.29, 0.717) is 0 Å². The van der Waals surface area contributed by atoms with Crippen LogP contribution in [0, 0.1) is 5.92 Å². The van der Waals surface area contributed by atoms with Gasteiger partial charge < -0.3 is 10.2 Å². The average Bonchev–Trinajstić information content (AvgIpc) is 2.52. The molecular formula is C16H21BrN4. The molecule has 1 aliphatic rings. The minimum Gasteiger partial charge on any atom is -0.370 e. The van der Waals surface area contributed by atoms with Crippen molar-refractivity contribution < 1.29 is 0 Å². The van der Waals surface area contributed by atoms with Crippen molar-refractivity contribution in [3.05, 3.63) is 29.0 Å². The van der Waals surface area contributed by atoms with Crippen molar-refractivity contribution in [2.45, 2.75) is 19.3 Å². The van der Waals surface area contributed by atoms with Crippen LogP contribution in [0.5, 0.6) is 0 Å². The largest absolute Gasteiger partial charge is 0.370 e. The number of hydrogen-bond acceptors (Lipinski definition) is 4. The van der Waals surface area contributed by atoms with Crippen LogP contribution in [0.4, 0.5) is 5.69 Å². The maximum Gasteiger partial charge on any atom is 0.112 e. The van der Waals surface area contributed by atoms with Crippen molar-refractivity contribution in [1.29, 1.82) is 0 Å².